The van der Waals surface area contributed by atoms with Crippen LogP contribution in [0.3, 0.4) is 0 Å². The van der Waals surface area contributed by atoms with Gasteiger partial charge in [-0.15, -0.1) is 0 Å². The third-order valence-electron chi connectivity index (χ3n) is 3.21. The van der Waals surface area contributed by atoms with Gasteiger partial charge in [-0.3, -0.25) is 0 Å². The molecule has 1 rings (SSSR count). The van der Waals surface area contributed by atoms with Crippen LogP contribution in [-0.4, -0.2) is 11.7 Å². The summed E-state index contributed by atoms with van der Waals surface area (Å²) in [5.74, 6) is 0. The van der Waals surface area contributed by atoms with E-state index in [1.54, 1.807) is 0 Å². The molecule has 0 aliphatic carbocycles. The molecule has 0 saturated carbocycles. The van der Waals surface area contributed by atoms with Crippen molar-refractivity contribution in [2.45, 2.75) is 58.2 Å². The maximum absolute atomic E-state index is 5.56. The summed E-state index contributed by atoms with van der Waals surface area (Å²) < 4.78 is 5.56. The lowest BCUT2D eigenvalue weighted by atomic mass is 10.0. The summed E-state index contributed by atoms with van der Waals surface area (Å²) in [6.07, 6.45) is 9.01. The van der Waals surface area contributed by atoms with Gasteiger partial charge in [-0.05, 0) is 46.5 Å². The van der Waals surface area contributed by atoms with Gasteiger partial charge in [-0.25, -0.2) is 0 Å². The second kappa shape index (κ2) is 5.49. The van der Waals surface area contributed by atoms with Crippen molar-refractivity contribution in [2.75, 3.05) is 0 Å². The molecule has 90 valence electrons. The lowest BCUT2D eigenvalue weighted by Crippen LogP contribution is -2.02. The number of epoxide rings is 1. The van der Waals surface area contributed by atoms with Gasteiger partial charge >= 0.3 is 0 Å². The average Bonchev–Trinajstić information content (AvgIpc) is 2.83. The molecule has 1 aliphatic heterocycles. The van der Waals surface area contributed by atoms with Crippen molar-refractivity contribution in [1.29, 1.82) is 0 Å². The summed E-state index contributed by atoms with van der Waals surface area (Å²) in [6, 6.07) is 0. The van der Waals surface area contributed by atoms with E-state index in [0.717, 1.165) is 31.3 Å². The summed E-state index contributed by atoms with van der Waals surface area (Å²) in [5, 5.41) is 0. The molecule has 1 fully saturated rings. The van der Waals surface area contributed by atoms with Crippen LogP contribution in [0, 0.1) is 0 Å². The SMILES string of the molecule is C=CC(=C)CC/C=C(/C)CCC1OC1(C)C. The topological polar surface area (TPSA) is 12.5 Å². The van der Waals surface area contributed by atoms with Crippen LogP contribution in [0.1, 0.15) is 46.5 Å². The first kappa shape index (κ1) is 13.2. The lowest BCUT2D eigenvalue weighted by Gasteiger charge is -2.01. The van der Waals surface area contributed by atoms with Gasteiger partial charge in [0.05, 0.1) is 11.7 Å². The van der Waals surface area contributed by atoms with E-state index < -0.39 is 0 Å². The van der Waals surface area contributed by atoms with Crippen molar-refractivity contribution < 1.29 is 4.74 Å². The molecule has 1 unspecified atom stereocenters. The zero-order chi connectivity index (χ0) is 12.2. The predicted octanol–water partition coefficient (Wildman–Crippen LogP) is 4.41. The number of rotatable bonds is 7. The molecule has 1 aliphatic rings. The number of ether oxygens (including phenoxy) is 1. The van der Waals surface area contributed by atoms with Gasteiger partial charge in [0.1, 0.15) is 0 Å². The lowest BCUT2D eigenvalue weighted by molar-refractivity contribution is 0.320. The first-order chi connectivity index (χ1) is 7.45. The van der Waals surface area contributed by atoms with Crippen LogP contribution in [0.4, 0.5) is 0 Å². The first-order valence-electron chi connectivity index (χ1n) is 6.09. The molecule has 1 saturated heterocycles. The highest BCUT2D eigenvalue weighted by Gasteiger charge is 2.46. The fourth-order valence-corrected chi connectivity index (χ4v) is 1.81. The Morgan fingerprint density at radius 1 is 1.38 bits per heavy atom. The second-order valence-electron chi connectivity index (χ2n) is 5.20. The van der Waals surface area contributed by atoms with Crippen molar-refractivity contribution in [3.05, 3.63) is 36.5 Å². The number of hydrogen-bond donors (Lipinski definition) is 0. The third-order valence-corrected chi connectivity index (χ3v) is 3.21. The van der Waals surface area contributed by atoms with Gasteiger partial charge in [0.25, 0.3) is 0 Å². The van der Waals surface area contributed by atoms with Gasteiger partial charge in [-0.1, -0.05) is 36.5 Å². The quantitative estimate of drug-likeness (QED) is 0.351. The molecule has 1 nitrogen and oxygen atoms in total. The van der Waals surface area contributed by atoms with Crippen molar-refractivity contribution >= 4 is 0 Å². The number of hydrogen-bond acceptors (Lipinski definition) is 1. The van der Waals surface area contributed by atoms with Gasteiger partial charge < -0.3 is 4.74 Å². The highest BCUT2D eigenvalue weighted by atomic mass is 16.6. The molecule has 1 heterocycles. The van der Waals surface area contributed by atoms with Crippen LogP contribution in [0.5, 0.6) is 0 Å². The zero-order valence-electron chi connectivity index (χ0n) is 10.9. The summed E-state index contributed by atoms with van der Waals surface area (Å²) >= 11 is 0. The molecule has 0 aromatic heterocycles. The van der Waals surface area contributed by atoms with E-state index in [-0.39, 0.29) is 5.60 Å². The largest absolute Gasteiger partial charge is 0.367 e. The minimum absolute atomic E-state index is 0.136. The molecule has 1 heteroatoms. The number of allylic oxidation sites excluding steroid dienone is 4. The highest BCUT2D eigenvalue weighted by molar-refractivity contribution is 5.12. The fourth-order valence-electron chi connectivity index (χ4n) is 1.81. The molecule has 0 aromatic carbocycles. The molecule has 16 heavy (non-hydrogen) atoms. The zero-order valence-corrected chi connectivity index (χ0v) is 10.9. The van der Waals surface area contributed by atoms with E-state index in [2.05, 4.69) is 40.0 Å². The molecule has 0 aromatic rings. The maximum Gasteiger partial charge on any atom is 0.0892 e. The summed E-state index contributed by atoms with van der Waals surface area (Å²) in [6.45, 7) is 14.1. The fraction of sp³-hybridized carbons (Fsp3) is 0.600. The van der Waals surface area contributed by atoms with Gasteiger partial charge in [0.2, 0.25) is 0 Å². The second-order valence-corrected chi connectivity index (χ2v) is 5.20. The van der Waals surface area contributed by atoms with Gasteiger partial charge in [0, 0.05) is 0 Å². The summed E-state index contributed by atoms with van der Waals surface area (Å²) in [7, 11) is 0. The average molecular weight is 220 g/mol. The Hall–Kier alpha value is -0.820. The molecule has 0 amide bonds. The van der Waals surface area contributed by atoms with Crippen LogP contribution >= 0.6 is 0 Å². The smallest absolute Gasteiger partial charge is 0.0892 e. The summed E-state index contributed by atoms with van der Waals surface area (Å²) in [4.78, 5) is 0. The molecule has 1 atom stereocenters. The van der Waals surface area contributed by atoms with E-state index in [9.17, 15) is 0 Å². The standard InChI is InChI=1S/C15H24O/c1-6-12(2)8-7-9-13(3)10-11-14-15(4,5)16-14/h6,9,14H,1-2,7-8,10-11H2,3-5H3/b13-9-. The third kappa shape index (κ3) is 4.36. The van der Waals surface area contributed by atoms with Crippen molar-refractivity contribution in [1.82, 2.24) is 0 Å². The highest BCUT2D eigenvalue weighted by Crippen LogP contribution is 2.38. The van der Waals surface area contributed by atoms with Crippen LogP contribution in [0.2, 0.25) is 0 Å². The van der Waals surface area contributed by atoms with Crippen LogP contribution in [0.15, 0.2) is 36.5 Å². The van der Waals surface area contributed by atoms with Crippen LogP contribution < -0.4 is 0 Å². The summed E-state index contributed by atoms with van der Waals surface area (Å²) in [5.41, 5.74) is 2.72. The normalized spacial score (nSPS) is 22.9. The Bertz CT molecular complexity index is 297. The predicted molar refractivity (Wildman–Crippen MR) is 70.5 cm³/mol. The van der Waals surface area contributed by atoms with E-state index in [1.807, 2.05) is 6.08 Å². The Morgan fingerprint density at radius 3 is 2.50 bits per heavy atom. The molecular formula is C15H24O. The van der Waals surface area contributed by atoms with Crippen molar-refractivity contribution in [3.8, 4) is 0 Å². The van der Waals surface area contributed by atoms with E-state index >= 15 is 0 Å². The van der Waals surface area contributed by atoms with E-state index in [0.29, 0.717) is 6.10 Å². The van der Waals surface area contributed by atoms with Crippen molar-refractivity contribution in [3.63, 3.8) is 0 Å². The monoisotopic (exact) mass is 220 g/mol. The van der Waals surface area contributed by atoms with Gasteiger partial charge in [0.15, 0.2) is 0 Å². The Balaban J connectivity index is 2.14. The Morgan fingerprint density at radius 2 is 2.00 bits per heavy atom. The minimum atomic E-state index is 0.136. The van der Waals surface area contributed by atoms with Gasteiger partial charge in [-0.2, -0.15) is 0 Å². The van der Waals surface area contributed by atoms with Crippen LogP contribution in [0.25, 0.3) is 0 Å². The molecule has 0 bridgehead atoms. The molecular weight excluding hydrogens is 196 g/mol. The minimum Gasteiger partial charge on any atom is -0.367 e. The Labute approximate surface area is 99.9 Å². The van der Waals surface area contributed by atoms with E-state index in [4.69, 9.17) is 4.74 Å². The Kier molecular flexibility index (Phi) is 4.55. The maximum atomic E-state index is 5.56. The first-order valence-corrected chi connectivity index (χ1v) is 6.09. The molecule has 0 spiro atoms. The van der Waals surface area contributed by atoms with E-state index in [1.165, 1.54) is 5.57 Å². The molecule has 0 radical (unpaired) electrons. The molecule has 0 N–H and O–H groups in total. The van der Waals surface area contributed by atoms with Crippen molar-refractivity contribution in [2.24, 2.45) is 0 Å². The van der Waals surface area contributed by atoms with Crippen LogP contribution in [-0.2, 0) is 4.74 Å².